The number of guanidine groups is 1. The van der Waals surface area contributed by atoms with Crippen LogP contribution in [0.1, 0.15) is 12.8 Å². The second-order valence-corrected chi connectivity index (χ2v) is 7.37. The molecule has 1 atom stereocenters. The summed E-state index contributed by atoms with van der Waals surface area (Å²) in [6.45, 7) is 8.72. The summed E-state index contributed by atoms with van der Waals surface area (Å²) >= 11 is 0. The first-order chi connectivity index (χ1) is 13.8. The topological polar surface area (TPSA) is 58.6 Å². The first kappa shape index (κ1) is 20.7. The van der Waals surface area contributed by atoms with Gasteiger partial charge in [-0.1, -0.05) is 6.07 Å². The van der Waals surface area contributed by atoms with Gasteiger partial charge < -0.3 is 24.4 Å². The largest absolute Gasteiger partial charge is 0.497 e. The Balaban J connectivity index is 1.33. The van der Waals surface area contributed by atoms with Gasteiger partial charge in [0, 0.05) is 52.4 Å². The third-order valence-corrected chi connectivity index (χ3v) is 5.33. The van der Waals surface area contributed by atoms with Crippen LogP contribution in [0.3, 0.4) is 0 Å². The average molecular weight is 391 g/mol. The zero-order chi connectivity index (χ0) is 19.6. The standard InChI is InChI=1S/C21H34N4O3/c1-22-21(23-8-4-12-28-20-6-3-5-19(15-20)26-2)25-9-7-18(17-25)16-24-10-13-27-14-11-24/h3,5-6,15,18H,4,7-14,16-17H2,1-2H3,(H,22,23). The molecule has 1 unspecified atom stereocenters. The third-order valence-electron chi connectivity index (χ3n) is 5.33. The first-order valence-electron chi connectivity index (χ1n) is 10.3. The molecule has 1 N–H and O–H groups in total. The molecule has 0 spiro atoms. The highest BCUT2D eigenvalue weighted by Crippen LogP contribution is 2.19. The Bertz CT molecular complexity index is 619. The molecule has 0 aromatic heterocycles. The second-order valence-electron chi connectivity index (χ2n) is 7.37. The normalized spacial score (nSPS) is 21.0. The molecular formula is C21H34N4O3. The highest BCUT2D eigenvalue weighted by atomic mass is 16.5. The lowest BCUT2D eigenvalue weighted by atomic mass is 10.1. The predicted molar refractivity (Wildman–Crippen MR) is 111 cm³/mol. The number of rotatable bonds is 8. The highest BCUT2D eigenvalue weighted by molar-refractivity contribution is 5.80. The van der Waals surface area contributed by atoms with Crippen molar-refractivity contribution >= 4 is 5.96 Å². The van der Waals surface area contributed by atoms with Crippen molar-refractivity contribution < 1.29 is 14.2 Å². The van der Waals surface area contributed by atoms with Crippen molar-refractivity contribution in [2.75, 3.05) is 73.2 Å². The number of hydrogen-bond donors (Lipinski definition) is 1. The van der Waals surface area contributed by atoms with Crippen molar-refractivity contribution in [3.8, 4) is 11.5 Å². The lowest BCUT2D eigenvalue weighted by molar-refractivity contribution is 0.0315. The van der Waals surface area contributed by atoms with E-state index >= 15 is 0 Å². The maximum absolute atomic E-state index is 5.80. The highest BCUT2D eigenvalue weighted by Gasteiger charge is 2.26. The lowest BCUT2D eigenvalue weighted by Crippen LogP contribution is -2.42. The molecule has 2 heterocycles. The van der Waals surface area contributed by atoms with E-state index in [1.807, 2.05) is 31.3 Å². The zero-order valence-electron chi connectivity index (χ0n) is 17.2. The van der Waals surface area contributed by atoms with E-state index in [9.17, 15) is 0 Å². The van der Waals surface area contributed by atoms with E-state index in [2.05, 4.69) is 20.1 Å². The van der Waals surface area contributed by atoms with Crippen LogP contribution in [-0.2, 0) is 4.74 Å². The average Bonchev–Trinajstić information content (AvgIpc) is 3.19. The van der Waals surface area contributed by atoms with Gasteiger partial charge in [-0.05, 0) is 30.9 Å². The van der Waals surface area contributed by atoms with Crippen LogP contribution in [0.5, 0.6) is 11.5 Å². The molecule has 1 aromatic carbocycles. The van der Waals surface area contributed by atoms with E-state index in [1.54, 1.807) is 7.11 Å². The Hall–Kier alpha value is -1.99. The summed E-state index contributed by atoms with van der Waals surface area (Å²) in [6.07, 6.45) is 2.15. The van der Waals surface area contributed by atoms with Crippen LogP contribution in [-0.4, -0.2) is 89.0 Å². The molecule has 0 aliphatic carbocycles. The van der Waals surface area contributed by atoms with Crippen LogP contribution in [0.4, 0.5) is 0 Å². The molecule has 0 amide bonds. The SMILES string of the molecule is CN=C(NCCCOc1cccc(OC)c1)N1CCC(CN2CCOCC2)C1. The molecule has 2 aliphatic heterocycles. The second kappa shape index (κ2) is 11.1. The molecule has 156 valence electrons. The molecule has 2 saturated heterocycles. The Morgan fingerprint density at radius 2 is 2.07 bits per heavy atom. The number of methoxy groups -OCH3 is 1. The van der Waals surface area contributed by atoms with Gasteiger partial charge in [-0.2, -0.15) is 0 Å². The smallest absolute Gasteiger partial charge is 0.193 e. The van der Waals surface area contributed by atoms with Gasteiger partial charge in [0.1, 0.15) is 11.5 Å². The van der Waals surface area contributed by atoms with Gasteiger partial charge >= 0.3 is 0 Å². The molecule has 3 rings (SSSR count). The number of nitrogens with zero attached hydrogens (tertiary/aromatic N) is 3. The van der Waals surface area contributed by atoms with Gasteiger partial charge in [0.2, 0.25) is 0 Å². The molecular weight excluding hydrogens is 356 g/mol. The lowest BCUT2D eigenvalue weighted by Gasteiger charge is -2.29. The van der Waals surface area contributed by atoms with Crippen LogP contribution in [0.2, 0.25) is 0 Å². The molecule has 1 aromatic rings. The molecule has 0 saturated carbocycles. The van der Waals surface area contributed by atoms with Gasteiger partial charge in [0.05, 0.1) is 26.9 Å². The summed E-state index contributed by atoms with van der Waals surface area (Å²) in [5.41, 5.74) is 0. The summed E-state index contributed by atoms with van der Waals surface area (Å²) in [4.78, 5) is 9.38. The number of likely N-dealkylation sites (tertiary alicyclic amines) is 1. The van der Waals surface area contributed by atoms with Crippen LogP contribution in [0.15, 0.2) is 29.3 Å². The van der Waals surface area contributed by atoms with Crippen LogP contribution in [0, 0.1) is 5.92 Å². The van der Waals surface area contributed by atoms with E-state index in [1.165, 1.54) is 13.0 Å². The summed E-state index contributed by atoms with van der Waals surface area (Å²) < 4.78 is 16.5. The molecule has 7 nitrogen and oxygen atoms in total. The number of benzene rings is 1. The molecule has 7 heteroatoms. The van der Waals surface area contributed by atoms with Gasteiger partial charge in [0.15, 0.2) is 5.96 Å². The van der Waals surface area contributed by atoms with Crippen molar-refractivity contribution in [1.29, 1.82) is 0 Å². The Kier molecular flexibility index (Phi) is 8.23. The van der Waals surface area contributed by atoms with E-state index < -0.39 is 0 Å². The van der Waals surface area contributed by atoms with E-state index in [0.717, 1.165) is 69.8 Å². The van der Waals surface area contributed by atoms with Crippen molar-refractivity contribution in [2.45, 2.75) is 12.8 Å². The van der Waals surface area contributed by atoms with Gasteiger partial charge in [-0.3, -0.25) is 9.89 Å². The Morgan fingerprint density at radius 1 is 1.25 bits per heavy atom. The minimum absolute atomic E-state index is 0.664. The van der Waals surface area contributed by atoms with Crippen LogP contribution in [0.25, 0.3) is 0 Å². The fourth-order valence-corrected chi connectivity index (χ4v) is 3.81. The minimum atomic E-state index is 0.664. The van der Waals surface area contributed by atoms with Gasteiger partial charge in [0.25, 0.3) is 0 Å². The summed E-state index contributed by atoms with van der Waals surface area (Å²) in [5.74, 6) is 3.38. The maximum Gasteiger partial charge on any atom is 0.193 e. The van der Waals surface area contributed by atoms with Crippen molar-refractivity contribution in [1.82, 2.24) is 15.1 Å². The fourth-order valence-electron chi connectivity index (χ4n) is 3.81. The summed E-state index contributed by atoms with van der Waals surface area (Å²) in [5, 5.41) is 3.48. The number of hydrogen-bond acceptors (Lipinski definition) is 5. The molecule has 2 fully saturated rings. The van der Waals surface area contributed by atoms with Crippen molar-refractivity contribution in [2.24, 2.45) is 10.9 Å². The van der Waals surface area contributed by atoms with Crippen LogP contribution >= 0.6 is 0 Å². The Labute approximate surface area is 168 Å². The summed E-state index contributed by atoms with van der Waals surface area (Å²) in [6, 6.07) is 7.72. The van der Waals surface area contributed by atoms with E-state index in [-0.39, 0.29) is 0 Å². The molecule has 2 aliphatic rings. The van der Waals surface area contributed by atoms with Gasteiger partial charge in [-0.15, -0.1) is 0 Å². The predicted octanol–water partition coefficient (Wildman–Crippen LogP) is 1.69. The quantitative estimate of drug-likeness (QED) is 0.414. The third kappa shape index (κ3) is 6.27. The van der Waals surface area contributed by atoms with Crippen molar-refractivity contribution in [3.05, 3.63) is 24.3 Å². The summed E-state index contributed by atoms with van der Waals surface area (Å²) in [7, 11) is 3.53. The molecule has 0 radical (unpaired) electrons. The number of nitrogens with one attached hydrogen (secondary N) is 1. The number of morpholine rings is 1. The number of aliphatic imine (C=N–C) groups is 1. The van der Waals surface area contributed by atoms with E-state index in [4.69, 9.17) is 14.2 Å². The Morgan fingerprint density at radius 3 is 2.86 bits per heavy atom. The molecule has 28 heavy (non-hydrogen) atoms. The van der Waals surface area contributed by atoms with Crippen molar-refractivity contribution in [3.63, 3.8) is 0 Å². The molecule has 0 bridgehead atoms. The van der Waals surface area contributed by atoms with E-state index in [0.29, 0.717) is 12.5 Å². The van der Waals surface area contributed by atoms with Gasteiger partial charge in [-0.25, -0.2) is 0 Å². The monoisotopic (exact) mass is 390 g/mol. The zero-order valence-corrected chi connectivity index (χ0v) is 17.2. The minimum Gasteiger partial charge on any atom is -0.497 e. The van der Waals surface area contributed by atoms with Crippen LogP contribution < -0.4 is 14.8 Å². The number of ether oxygens (including phenoxy) is 3. The first-order valence-corrected chi connectivity index (χ1v) is 10.3. The maximum atomic E-state index is 5.80. The fraction of sp³-hybridized carbons (Fsp3) is 0.667.